The summed E-state index contributed by atoms with van der Waals surface area (Å²) in [5, 5.41) is 1.34. The number of imidazole rings is 1. The number of hydrogen-bond acceptors (Lipinski definition) is 5. The number of aromatic nitrogens is 3. The molecule has 6 nitrogen and oxygen atoms in total. The predicted octanol–water partition coefficient (Wildman–Crippen LogP) is 3.39. The quantitative estimate of drug-likeness (QED) is 0.598. The minimum atomic E-state index is -3.06. The average Bonchev–Trinajstić information content (AvgIpc) is 2.83. The van der Waals surface area contributed by atoms with E-state index in [2.05, 4.69) is 14.5 Å². The van der Waals surface area contributed by atoms with Crippen molar-refractivity contribution in [2.75, 3.05) is 18.6 Å². The van der Waals surface area contributed by atoms with Gasteiger partial charge in [-0.05, 0) is 26.8 Å². The molecule has 0 saturated heterocycles. The summed E-state index contributed by atoms with van der Waals surface area (Å²) in [5.74, 6) is 0.804. The van der Waals surface area contributed by atoms with Crippen LogP contribution in [-0.2, 0) is 21.1 Å². The van der Waals surface area contributed by atoms with Crippen molar-refractivity contribution in [3.63, 3.8) is 0 Å². The molecule has 0 bridgehead atoms. The standard InChI is InChI=1S/C18H22ClN3O3S/c1-12-20-15-16(13-7-5-6-8-14(13)21-17(15)19)22(12)11-18(2,3)25-9-10-26(4,23)24/h5-8H,9-11H2,1-4H3. The zero-order valence-electron chi connectivity index (χ0n) is 15.3. The molecule has 0 amide bonds. The monoisotopic (exact) mass is 395 g/mol. The Balaban J connectivity index is 2.01. The maximum atomic E-state index is 11.3. The van der Waals surface area contributed by atoms with Crippen LogP contribution < -0.4 is 0 Å². The number of para-hydroxylation sites is 1. The van der Waals surface area contributed by atoms with Gasteiger partial charge in [0.05, 0.1) is 35.5 Å². The summed E-state index contributed by atoms with van der Waals surface area (Å²) in [6.45, 7) is 6.46. The molecule has 0 radical (unpaired) electrons. The zero-order valence-corrected chi connectivity index (χ0v) is 16.9. The zero-order chi connectivity index (χ0) is 19.1. The van der Waals surface area contributed by atoms with E-state index in [1.807, 2.05) is 45.0 Å². The third-order valence-electron chi connectivity index (χ3n) is 4.22. The second kappa shape index (κ2) is 6.79. The fourth-order valence-electron chi connectivity index (χ4n) is 3.00. The summed E-state index contributed by atoms with van der Waals surface area (Å²) in [4.78, 5) is 9.01. The minimum absolute atomic E-state index is 0.00122. The molecule has 0 aliphatic heterocycles. The van der Waals surface area contributed by atoms with Crippen LogP contribution in [0.4, 0.5) is 0 Å². The van der Waals surface area contributed by atoms with Gasteiger partial charge in [-0.1, -0.05) is 29.8 Å². The highest BCUT2D eigenvalue weighted by Crippen LogP contribution is 2.31. The average molecular weight is 396 g/mol. The van der Waals surface area contributed by atoms with Crippen molar-refractivity contribution in [1.82, 2.24) is 14.5 Å². The number of rotatable bonds is 6. The second-order valence-electron chi connectivity index (χ2n) is 7.10. The topological polar surface area (TPSA) is 74.1 Å². The number of ether oxygens (including phenoxy) is 1. The van der Waals surface area contributed by atoms with E-state index in [1.54, 1.807) is 0 Å². The molecular formula is C18H22ClN3O3S. The molecule has 1 aromatic carbocycles. The van der Waals surface area contributed by atoms with E-state index in [1.165, 1.54) is 6.26 Å². The van der Waals surface area contributed by atoms with Gasteiger partial charge in [-0.3, -0.25) is 0 Å². The molecule has 0 aliphatic carbocycles. The Morgan fingerprint density at radius 3 is 2.62 bits per heavy atom. The van der Waals surface area contributed by atoms with Gasteiger partial charge in [0.25, 0.3) is 0 Å². The van der Waals surface area contributed by atoms with Crippen LogP contribution >= 0.6 is 11.6 Å². The Morgan fingerprint density at radius 1 is 1.23 bits per heavy atom. The van der Waals surface area contributed by atoms with Crippen molar-refractivity contribution in [3.05, 3.63) is 35.2 Å². The van der Waals surface area contributed by atoms with Crippen LogP contribution in [-0.4, -0.2) is 47.2 Å². The lowest BCUT2D eigenvalue weighted by Gasteiger charge is -2.27. The highest BCUT2D eigenvalue weighted by Gasteiger charge is 2.24. The van der Waals surface area contributed by atoms with Crippen LogP contribution in [0.3, 0.4) is 0 Å². The maximum Gasteiger partial charge on any atom is 0.157 e. The molecule has 0 saturated carbocycles. The first-order chi connectivity index (χ1) is 12.1. The van der Waals surface area contributed by atoms with Crippen LogP contribution in [0.25, 0.3) is 21.9 Å². The lowest BCUT2D eigenvalue weighted by Crippen LogP contribution is -2.32. The molecule has 26 heavy (non-hydrogen) atoms. The number of pyridine rings is 1. The van der Waals surface area contributed by atoms with Gasteiger partial charge in [0.1, 0.15) is 21.2 Å². The molecule has 0 aliphatic rings. The maximum absolute atomic E-state index is 11.3. The van der Waals surface area contributed by atoms with Crippen molar-refractivity contribution in [3.8, 4) is 0 Å². The van der Waals surface area contributed by atoms with Crippen LogP contribution in [0.5, 0.6) is 0 Å². The Labute approximate surface area is 158 Å². The van der Waals surface area contributed by atoms with E-state index >= 15 is 0 Å². The largest absolute Gasteiger partial charge is 0.373 e. The fourth-order valence-corrected chi connectivity index (χ4v) is 3.61. The van der Waals surface area contributed by atoms with E-state index in [0.717, 1.165) is 22.2 Å². The van der Waals surface area contributed by atoms with Gasteiger partial charge in [-0.2, -0.15) is 0 Å². The summed E-state index contributed by atoms with van der Waals surface area (Å²) in [5.41, 5.74) is 1.81. The smallest absolute Gasteiger partial charge is 0.157 e. The number of sulfone groups is 1. The first kappa shape index (κ1) is 19.1. The van der Waals surface area contributed by atoms with Gasteiger partial charge in [-0.15, -0.1) is 0 Å². The number of benzene rings is 1. The SMILES string of the molecule is Cc1nc2c(Cl)nc3ccccc3c2n1CC(C)(C)OCCS(C)(=O)=O. The molecule has 2 heterocycles. The van der Waals surface area contributed by atoms with Crippen molar-refractivity contribution < 1.29 is 13.2 Å². The van der Waals surface area contributed by atoms with Crippen LogP contribution in [0, 0.1) is 6.92 Å². The molecular weight excluding hydrogens is 374 g/mol. The van der Waals surface area contributed by atoms with E-state index < -0.39 is 15.4 Å². The second-order valence-corrected chi connectivity index (χ2v) is 9.72. The van der Waals surface area contributed by atoms with Crippen molar-refractivity contribution in [1.29, 1.82) is 0 Å². The third-order valence-corrected chi connectivity index (χ3v) is 5.39. The molecule has 0 fully saturated rings. The van der Waals surface area contributed by atoms with E-state index in [-0.39, 0.29) is 12.4 Å². The highest BCUT2D eigenvalue weighted by atomic mass is 35.5. The van der Waals surface area contributed by atoms with Crippen molar-refractivity contribution >= 4 is 43.4 Å². The van der Waals surface area contributed by atoms with Gasteiger partial charge >= 0.3 is 0 Å². The van der Waals surface area contributed by atoms with Crippen molar-refractivity contribution in [2.45, 2.75) is 32.9 Å². The normalized spacial score (nSPS) is 13.0. The lowest BCUT2D eigenvalue weighted by atomic mass is 10.1. The van der Waals surface area contributed by atoms with E-state index in [9.17, 15) is 8.42 Å². The summed E-state index contributed by atoms with van der Waals surface area (Å²) in [6.07, 6.45) is 1.21. The number of nitrogens with zero attached hydrogens (tertiary/aromatic N) is 3. The molecule has 8 heteroatoms. The molecule has 140 valence electrons. The number of halogens is 1. The first-order valence-corrected chi connectivity index (χ1v) is 10.7. The molecule has 0 atom stereocenters. The Hall–Kier alpha value is -1.70. The number of fused-ring (bicyclic) bond motifs is 3. The molecule has 2 aromatic heterocycles. The van der Waals surface area contributed by atoms with Crippen LogP contribution in [0.15, 0.2) is 24.3 Å². The van der Waals surface area contributed by atoms with Crippen LogP contribution in [0.1, 0.15) is 19.7 Å². The Morgan fingerprint density at radius 2 is 1.92 bits per heavy atom. The highest BCUT2D eigenvalue weighted by molar-refractivity contribution is 7.90. The minimum Gasteiger partial charge on any atom is -0.373 e. The van der Waals surface area contributed by atoms with Gasteiger partial charge in [0.2, 0.25) is 0 Å². The van der Waals surface area contributed by atoms with Gasteiger partial charge in [0.15, 0.2) is 5.15 Å². The summed E-state index contributed by atoms with van der Waals surface area (Å²) < 4.78 is 30.6. The Bertz CT molecular complexity index is 1070. The van der Waals surface area contributed by atoms with E-state index in [4.69, 9.17) is 16.3 Å². The van der Waals surface area contributed by atoms with E-state index in [0.29, 0.717) is 17.2 Å². The fraction of sp³-hybridized carbons (Fsp3) is 0.444. The van der Waals surface area contributed by atoms with Gasteiger partial charge in [-0.25, -0.2) is 18.4 Å². The van der Waals surface area contributed by atoms with Crippen LogP contribution in [0.2, 0.25) is 5.15 Å². The molecule has 0 spiro atoms. The summed E-state index contributed by atoms with van der Waals surface area (Å²) in [7, 11) is -3.06. The summed E-state index contributed by atoms with van der Waals surface area (Å²) >= 11 is 6.34. The third kappa shape index (κ3) is 4.00. The van der Waals surface area contributed by atoms with Gasteiger partial charge in [0, 0.05) is 11.6 Å². The van der Waals surface area contributed by atoms with Crippen molar-refractivity contribution in [2.24, 2.45) is 0 Å². The molecule has 0 unspecified atom stereocenters. The Kier molecular flexibility index (Phi) is 4.98. The molecule has 0 N–H and O–H groups in total. The molecule has 3 rings (SSSR count). The number of aryl methyl sites for hydroxylation is 1. The number of hydrogen-bond donors (Lipinski definition) is 0. The predicted molar refractivity (Wildman–Crippen MR) is 105 cm³/mol. The van der Waals surface area contributed by atoms with Gasteiger partial charge < -0.3 is 9.30 Å². The molecule has 3 aromatic rings. The summed E-state index contributed by atoms with van der Waals surface area (Å²) in [6, 6.07) is 7.79. The lowest BCUT2D eigenvalue weighted by molar-refractivity contribution is -0.0209. The first-order valence-electron chi connectivity index (χ1n) is 8.30.